The van der Waals surface area contributed by atoms with Gasteiger partial charge in [-0.05, 0) is 31.0 Å². The lowest BCUT2D eigenvalue weighted by Crippen LogP contribution is -2.47. The van der Waals surface area contributed by atoms with Gasteiger partial charge in [0.25, 0.3) is 0 Å². The van der Waals surface area contributed by atoms with Crippen molar-refractivity contribution in [1.82, 2.24) is 0 Å². The third kappa shape index (κ3) is 2.01. The Hall–Kier alpha value is -0.353. The maximum atomic E-state index is 11.0. The lowest BCUT2D eigenvalue weighted by molar-refractivity contribution is -0.147. The second-order valence-corrected chi connectivity index (χ2v) is 10.4. The molecule has 0 aromatic rings. The highest BCUT2D eigenvalue weighted by Gasteiger charge is 2.56. The number of rotatable bonds is 3. The molecular weight excluding hydrogens is 196 g/mol. The number of aliphatic carboxylic acids is 1. The fraction of sp³-hybridized carbons (Fsp3) is 0.900. The predicted molar refractivity (Wildman–Crippen MR) is 57.9 cm³/mol. The first-order valence-corrected chi connectivity index (χ1v) is 7.95. The van der Waals surface area contributed by atoms with Crippen molar-refractivity contribution in [2.75, 3.05) is 0 Å². The Morgan fingerprint density at radius 2 is 1.79 bits per heavy atom. The van der Waals surface area contributed by atoms with Crippen LogP contribution in [-0.2, 0) is 9.22 Å². The highest BCUT2D eigenvalue weighted by atomic mass is 28.4. The summed E-state index contributed by atoms with van der Waals surface area (Å²) in [5, 5.41) is 9.11. The minimum Gasteiger partial charge on any atom is -0.479 e. The second kappa shape index (κ2) is 3.07. The molecule has 14 heavy (non-hydrogen) atoms. The normalized spacial score (nSPS) is 20.6. The molecule has 82 valence electrons. The molecule has 1 fully saturated rings. The van der Waals surface area contributed by atoms with E-state index in [4.69, 9.17) is 9.53 Å². The molecule has 0 heterocycles. The Balaban J connectivity index is 2.74. The Labute approximate surface area is 86.6 Å². The molecule has 1 saturated carbocycles. The number of hydrogen-bond acceptors (Lipinski definition) is 2. The Morgan fingerprint density at radius 3 is 2.00 bits per heavy atom. The van der Waals surface area contributed by atoms with Crippen molar-refractivity contribution in [2.24, 2.45) is 0 Å². The van der Waals surface area contributed by atoms with Crippen molar-refractivity contribution >= 4 is 14.3 Å². The zero-order valence-corrected chi connectivity index (χ0v) is 10.7. The van der Waals surface area contributed by atoms with Crippen LogP contribution in [0.5, 0.6) is 0 Å². The van der Waals surface area contributed by atoms with Gasteiger partial charge in [0.15, 0.2) is 13.9 Å². The van der Waals surface area contributed by atoms with Crippen molar-refractivity contribution in [3.63, 3.8) is 0 Å². The van der Waals surface area contributed by atoms with E-state index in [1.54, 1.807) is 0 Å². The number of carboxylic acids is 1. The standard InChI is InChI=1S/C10H20O3Si/c1-9(2,3)14(4,5)13-10(6-7-10)8(11)12/h6-7H2,1-5H3,(H,11,12). The topological polar surface area (TPSA) is 46.5 Å². The summed E-state index contributed by atoms with van der Waals surface area (Å²) in [5.41, 5.74) is -0.830. The molecule has 0 spiro atoms. The summed E-state index contributed by atoms with van der Waals surface area (Å²) in [7, 11) is -1.92. The van der Waals surface area contributed by atoms with Gasteiger partial charge in [-0.25, -0.2) is 4.79 Å². The van der Waals surface area contributed by atoms with Gasteiger partial charge in [-0.1, -0.05) is 20.8 Å². The smallest absolute Gasteiger partial charge is 0.334 e. The highest BCUT2D eigenvalue weighted by molar-refractivity contribution is 6.74. The monoisotopic (exact) mass is 216 g/mol. The summed E-state index contributed by atoms with van der Waals surface area (Å²) in [6, 6.07) is 0. The lowest BCUT2D eigenvalue weighted by atomic mass is 10.2. The number of carboxylic acid groups (broad SMARTS) is 1. The highest BCUT2D eigenvalue weighted by Crippen LogP contribution is 2.47. The van der Waals surface area contributed by atoms with E-state index in [1.165, 1.54) is 0 Å². The van der Waals surface area contributed by atoms with Crippen molar-refractivity contribution in [1.29, 1.82) is 0 Å². The Bertz CT molecular complexity index is 249. The van der Waals surface area contributed by atoms with Gasteiger partial charge in [-0.15, -0.1) is 0 Å². The van der Waals surface area contributed by atoms with Gasteiger partial charge in [0.2, 0.25) is 0 Å². The summed E-state index contributed by atoms with van der Waals surface area (Å²) in [4.78, 5) is 11.0. The van der Waals surface area contributed by atoms with Crippen LogP contribution in [0.2, 0.25) is 18.1 Å². The summed E-state index contributed by atoms with van der Waals surface area (Å²) < 4.78 is 5.90. The molecule has 1 aliphatic carbocycles. The molecule has 0 aromatic heterocycles. The first-order valence-electron chi connectivity index (χ1n) is 5.04. The second-order valence-electron chi connectivity index (χ2n) is 5.66. The number of carbonyl (C=O) groups is 1. The molecule has 0 aliphatic heterocycles. The van der Waals surface area contributed by atoms with Gasteiger partial charge in [0.1, 0.15) is 0 Å². The molecule has 3 nitrogen and oxygen atoms in total. The van der Waals surface area contributed by atoms with E-state index in [0.29, 0.717) is 12.8 Å². The van der Waals surface area contributed by atoms with Gasteiger partial charge in [-0.2, -0.15) is 0 Å². The van der Waals surface area contributed by atoms with E-state index in [1.807, 2.05) is 0 Å². The first kappa shape index (κ1) is 11.7. The van der Waals surface area contributed by atoms with E-state index in [9.17, 15) is 4.79 Å². The van der Waals surface area contributed by atoms with Gasteiger partial charge < -0.3 is 9.53 Å². The van der Waals surface area contributed by atoms with Crippen LogP contribution in [0.25, 0.3) is 0 Å². The molecule has 1 N–H and O–H groups in total. The summed E-state index contributed by atoms with van der Waals surface area (Å²) in [6.45, 7) is 10.6. The maximum Gasteiger partial charge on any atom is 0.334 e. The summed E-state index contributed by atoms with van der Waals surface area (Å²) >= 11 is 0. The molecular formula is C10H20O3Si. The maximum absolute atomic E-state index is 11.0. The zero-order chi connectivity index (χ0) is 11.2. The fourth-order valence-electron chi connectivity index (χ4n) is 1.11. The molecule has 0 unspecified atom stereocenters. The minimum absolute atomic E-state index is 0.0814. The van der Waals surface area contributed by atoms with Gasteiger partial charge in [0.05, 0.1) is 0 Å². The summed E-state index contributed by atoms with van der Waals surface area (Å²) in [5.74, 6) is -0.790. The lowest BCUT2D eigenvalue weighted by Gasteiger charge is -2.38. The summed E-state index contributed by atoms with van der Waals surface area (Å²) in [6.07, 6.45) is 1.35. The van der Waals surface area contributed by atoms with Crippen molar-refractivity contribution in [3.05, 3.63) is 0 Å². The SMILES string of the molecule is CC(C)(C)[Si](C)(C)OC1(C(=O)O)CC1. The third-order valence-corrected chi connectivity index (χ3v) is 7.86. The molecule has 0 atom stereocenters. The van der Waals surface area contributed by atoms with Crippen LogP contribution in [0.4, 0.5) is 0 Å². The van der Waals surface area contributed by atoms with Gasteiger partial charge in [0, 0.05) is 0 Å². The van der Waals surface area contributed by atoms with Crippen molar-refractivity contribution in [3.8, 4) is 0 Å². The fourth-order valence-corrected chi connectivity index (χ4v) is 2.69. The van der Waals surface area contributed by atoms with Gasteiger partial charge in [-0.3, -0.25) is 0 Å². The van der Waals surface area contributed by atoms with Gasteiger partial charge >= 0.3 is 5.97 Å². The van der Waals surface area contributed by atoms with E-state index in [-0.39, 0.29) is 5.04 Å². The molecule has 1 rings (SSSR count). The van der Waals surface area contributed by atoms with E-state index >= 15 is 0 Å². The number of hydrogen-bond donors (Lipinski definition) is 1. The van der Waals surface area contributed by atoms with Crippen LogP contribution in [0.3, 0.4) is 0 Å². The average Bonchev–Trinajstić information content (AvgIpc) is 2.65. The van der Waals surface area contributed by atoms with Crippen LogP contribution in [-0.4, -0.2) is 25.0 Å². The molecule has 0 radical (unpaired) electrons. The van der Waals surface area contributed by atoms with Crippen molar-refractivity contribution < 1.29 is 14.3 Å². The largest absolute Gasteiger partial charge is 0.479 e. The molecule has 0 saturated heterocycles. The minimum atomic E-state index is -1.92. The predicted octanol–water partition coefficient (Wildman–Crippen LogP) is 2.63. The average molecular weight is 216 g/mol. The van der Waals surface area contributed by atoms with Crippen LogP contribution < -0.4 is 0 Å². The molecule has 0 bridgehead atoms. The first-order chi connectivity index (χ1) is 6.11. The van der Waals surface area contributed by atoms with E-state index in [0.717, 1.165) is 0 Å². The zero-order valence-electron chi connectivity index (χ0n) is 9.68. The van der Waals surface area contributed by atoms with Crippen LogP contribution in [0, 0.1) is 0 Å². The Morgan fingerprint density at radius 1 is 1.36 bits per heavy atom. The molecule has 0 amide bonds. The van der Waals surface area contributed by atoms with Crippen LogP contribution in [0.1, 0.15) is 33.6 Å². The third-order valence-electron chi connectivity index (χ3n) is 3.35. The molecule has 0 aromatic carbocycles. The van der Waals surface area contributed by atoms with E-state index in [2.05, 4.69) is 33.9 Å². The van der Waals surface area contributed by atoms with Crippen LogP contribution >= 0.6 is 0 Å². The van der Waals surface area contributed by atoms with Crippen LogP contribution in [0.15, 0.2) is 0 Å². The quantitative estimate of drug-likeness (QED) is 0.738. The molecule has 1 aliphatic rings. The van der Waals surface area contributed by atoms with E-state index < -0.39 is 19.9 Å². The van der Waals surface area contributed by atoms with Crippen molar-refractivity contribution in [2.45, 2.75) is 57.3 Å². The molecule has 4 heteroatoms. The Kier molecular flexibility index (Phi) is 2.57.